The molecule has 1 aromatic heterocycles. The Hall–Kier alpha value is -1.36. The summed E-state index contributed by atoms with van der Waals surface area (Å²) in [6, 6.07) is -0.633. The molecule has 0 saturated heterocycles. The van der Waals surface area contributed by atoms with Gasteiger partial charge in [0.2, 0.25) is 0 Å². The summed E-state index contributed by atoms with van der Waals surface area (Å²) in [5, 5.41) is 0. The van der Waals surface area contributed by atoms with Crippen molar-refractivity contribution in [3.8, 4) is 0 Å². The highest BCUT2D eigenvalue weighted by molar-refractivity contribution is 5.75. The lowest BCUT2D eigenvalue weighted by Crippen LogP contribution is -2.34. The maximum Gasteiger partial charge on any atom is 0.323 e. The van der Waals surface area contributed by atoms with Crippen LogP contribution in [0.3, 0.4) is 0 Å². The maximum absolute atomic E-state index is 11.1. The van der Waals surface area contributed by atoms with Crippen LogP contribution >= 0.6 is 0 Å². The molecule has 0 saturated carbocycles. The number of carbonyl (C=O) groups excluding carboxylic acids is 1. The molecule has 0 fully saturated rings. The van der Waals surface area contributed by atoms with Gasteiger partial charge in [-0.05, 0) is 6.92 Å². The number of H-pyrrole nitrogens is 1. The van der Waals surface area contributed by atoms with E-state index in [0.29, 0.717) is 18.9 Å². The Morgan fingerprint density at radius 3 is 3.15 bits per heavy atom. The Bertz CT molecular complexity index is 258. The summed E-state index contributed by atoms with van der Waals surface area (Å²) in [6.45, 7) is 2.10. The molecule has 3 N–H and O–H groups in total. The summed E-state index contributed by atoms with van der Waals surface area (Å²) in [4.78, 5) is 17.9. The number of nitrogens with zero attached hydrogens (tertiary/aromatic N) is 1. The van der Waals surface area contributed by atoms with Crippen molar-refractivity contribution >= 4 is 5.97 Å². The summed E-state index contributed by atoms with van der Waals surface area (Å²) < 4.78 is 4.75. The van der Waals surface area contributed by atoms with Crippen LogP contribution in [0.15, 0.2) is 12.4 Å². The molecule has 0 spiro atoms. The van der Waals surface area contributed by atoms with Crippen molar-refractivity contribution in [2.24, 2.45) is 5.73 Å². The number of esters is 1. The molecule has 1 rings (SSSR count). The third-order valence-electron chi connectivity index (χ3n) is 1.56. The molecule has 5 heteroatoms. The van der Waals surface area contributed by atoms with Gasteiger partial charge in [-0.25, -0.2) is 4.98 Å². The van der Waals surface area contributed by atoms with Gasteiger partial charge in [-0.15, -0.1) is 0 Å². The lowest BCUT2D eigenvalue weighted by atomic mass is 10.2. The summed E-state index contributed by atoms with van der Waals surface area (Å²) in [7, 11) is 0. The van der Waals surface area contributed by atoms with E-state index in [1.807, 2.05) is 0 Å². The van der Waals surface area contributed by atoms with Gasteiger partial charge in [0.1, 0.15) is 11.9 Å². The second-order valence-corrected chi connectivity index (χ2v) is 2.60. The highest BCUT2D eigenvalue weighted by Crippen LogP contribution is 1.96. The molecule has 0 radical (unpaired) electrons. The van der Waals surface area contributed by atoms with Crippen LogP contribution in [0.4, 0.5) is 0 Å². The number of ether oxygens (including phenoxy) is 1. The van der Waals surface area contributed by atoms with Crippen molar-refractivity contribution in [1.82, 2.24) is 9.97 Å². The first-order valence-electron chi connectivity index (χ1n) is 4.14. The largest absolute Gasteiger partial charge is 0.465 e. The summed E-state index contributed by atoms with van der Waals surface area (Å²) in [5.74, 6) is 0.305. The zero-order valence-corrected chi connectivity index (χ0v) is 7.49. The highest BCUT2D eigenvalue weighted by atomic mass is 16.5. The molecule has 13 heavy (non-hydrogen) atoms. The molecule has 0 aliphatic rings. The number of aromatic amines is 1. The molecule has 1 atom stereocenters. The number of carbonyl (C=O) groups is 1. The first-order chi connectivity index (χ1) is 6.24. The first-order valence-corrected chi connectivity index (χ1v) is 4.14. The Balaban J connectivity index is 2.41. The van der Waals surface area contributed by atoms with Crippen LogP contribution in [0, 0.1) is 0 Å². The zero-order valence-electron chi connectivity index (χ0n) is 7.49. The smallest absolute Gasteiger partial charge is 0.323 e. The summed E-state index contributed by atoms with van der Waals surface area (Å²) in [6.07, 6.45) is 3.69. The van der Waals surface area contributed by atoms with Crippen LogP contribution < -0.4 is 5.73 Å². The molecule has 0 bridgehead atoms. The fraction of sp³-hybridized carbons (Fsp3) is 0.500. The monoisotopic (exact) mass is 183 g/mol. The minimum atomic E-state index is -0.633. The fourth-order valence-electron chi connectivity index (χ4n) is 0.951. The second kappa shape index (κ2) is 4.61. The van der Waals surface area contributed by atoms with Gasteiger partial charge in [-0.1, -0.05) is 0 Å². The fourth-order valence-corrected chi connectivity index (χ4v) is 0.951. The lowest BCUT2D eigenvalue weighted by molar-refractivity contribution is -0.144. The molecule has 1 heterocycles. The van der Waals surface area contributed by atoms with Crippen LogP contribution in [0.2, 0.25) is 0 Å². The minimum Gasteiger partial charge on any atom is -0.465 e. The van der Waals surface area contributed by atoms with Crippen molar-refractivity contribution in [3.05, 3.63) is 18.2 Å². The van der Waals surface area contributed by atoms with Crippen LogP contribution in [0.1, 0.15) is 12.7 Å². The number of nitrogens with two attached hydrogens (primary N) is 1. The molecule has 1 unspecified atom stereocenters. The predicted octanol–water partition coefficient (Wildman–Crippen LogP) is -0.157. The molecule has 72 valence electrons. The van der Waals surface area contributed by atoms with E-state index in [9.17, 15) is 4.79 Å². The number of hydrogen-bond donors (Lipinski definition) is 2. The Morgan fingerprint density at radius 2 is 2.62 bits per heavy atom. The van der Waals surface area contributed by atoms with Crippen molar-refractivity contribution in [1.29, 1.82) is 0 Å². The van der Waals surface area contributed by atoms with E-state index in [1.165, 1.54) is 0 Å². The second-order valence-electron chi connectivity index (χ2n) is 2.60. The quantitative estimate of drug-likeness (QED) is 0.636. The molecule has 0 aliphatic heterocycles. The topological polar surface area (TPSA) is 81.0 Å². The van der Waals surface area contributed by atoms with Gasteiger partial charge in [-0.3, -0.25) is 4.79 Å². The van der Waals surface area contributed by atoms with Crippen molar-refractivity contribution < 1.29 is 9.53 Å². The van der Waals surface area contributed by atoms with Crippen LogP contribution in [0.5, 0.6) is 0 Å². The number of nitrogens with one attached hydrogen (secondary N) is 1. The van der Waals surface area contributed by atoms with Crippen molar-refractivity contribution in [2.75, 3.05) is 6.61 Å². The molecular weight excluding hydrogens is 170 g/mol. The number of rotatable bonds is 4. The third-order valence-corrected chi connectivity index (χ3v) is 1.56. The molecular formula is C8H13N3O2. The van der Waals surface area contributed by atoms with E-state index in [-0.39, 0.29) is 5.97 Å². The van der Waals surface area contributed by atoms with Crippen molar-refractivity contribution in [2.45, 2.75) is 19.4 Å². The molecule has 5 nitrogen and oxygen atoms in total. The average molecular weight is 183 g/mol. The van der Waals surface area contributed by atoms with Crippen LogP contribution in [-0.4, -0.2) is 28.6 Å². The van der Waals surface area contributed by atoms with Gasteiger partial charge in [-0.2, -0.15) is 0 Å². The summed E-state index contributed by atoms with van der Waals surface area (Å²) >= 11 is 0. The van der Waals surface area contributed by atoms with Crippen LogP contribution in [0.25, 0.3) is 0 Å². The van der Waals surface area contributed by atoms with Gasteiger partial charge < -0.3 is 15.5 Å². The van der Waals surface area contributed by atoms with Gasteiger partial charge in [0, 0.05) is 18.8 Å². The zero-order chi connectivity index (χ0) is 9.68. The Morgan fingerprint density at radius 1 is 1.85 bits per heavy atom. The van der Waals surface area contributed by atoms with Gasteiger partial charge in [0.25, 0.3) is 0 Å². The number of aromatic nitrogens is 2. The highest BCUT2D eigenvalue weighted by Gasteiger charge is 2.15. The van der Waals surface area contributed by atoms with E-state index in [4.69, 9.17) is 10.5 Å². The summed E-state index contributed by atoms with van der Waals surface area (Å²) in [5.41, 5.74) is 5.56. The van der Waals surface area contributed by atoms with Gasteiger partial charge in [0.05, 0.1) is 6.61 Å². The van der Waals surface area contributed by atoms with E-state index < -0.39 is 6.04 Å². The van der Waals surface area contributed by atoms with E-state index in [1.54, 1.807) is 19.3 Å². The molecule has 0 aromatic carbocycles. The minimum absolute atomic E-state index is 0.352. The SMILES string of the molecule is CCOC(=O)C(N)Cc1ncc[nH]1. The first kappa shape index (κ1) is 9.73. The van der Waals surface area contributed by atoms with E-state index in [2.05, 4.69) is 9.97 Å². The average Bonchev–Trinajstić information content (AvgIpc) is 2.57. The molecule has 0 aliphatic carbocycles. The number of imidazole rings is 1. The van der Waals surface area contributed by atoms with E-state index in [0.717, 1.165) is 0 Å². The normalized spacial score (nSPS) is 12.5. The Labute approximate surface area is 76.3 Å². The molecule has 1 aromatic rings. The number of hydrogen-bond acceptors (Lipinski definition) is 4. The van der Waals surface area contributed by atoms with Crippen molar-refractivity contribution in [3.63, 3.8) is 0 Å². The van der Waals surface area contributed by atoms with Gasteiger partial charge >= 0.3 is 5.97 Å². The van der Waals surface area contributed by atoms with Crippen LogP contribution in [-0.2, 0) is 16.0 Å². The predicted molar refractivity (Wildman–Crippen MR) is 46.9 cm³/mol. The molecule has 0 amide bonds. The third kappa shape index (κ3) is 2.87. The standard InChI is InChI=1S/C8H13N3O2/c1-2-13-8(12)6(9)5-7-10-3-4-11-7/h3-4,6H,2,5,9H2,1H3,(H,10,11). The lowest BCUT2D eigenvalue weighted by Gasteiger charge is -2.07. The Kier molecular flexibility index (Phi) is 3.45. The van der Waals surface area contributed by atoms with Gasteiger partial charge in [0.15, 0.2) is 0 Å². The maximum atomic E-state index is 11.1. The van der Waals surface area contributed by atoms with E-state index >= 15 is 0 Å².